The lowest BCUT2D eigenvalue weighted by atomic mass is 10.1. The number of aryl methyl sites for hydroxylation is 1. The van der Waals surface area contributed by atoms with Crippen molar-refractivity contribution in [1.29, 1.82) is 0 Å². The minimum absolute atomic E-state index is 0.0132. The lowest BCUT2D eigenvalue weighted by molar-refractivity contribution is -0.120. The molecule has 1 amide bonds. The number of ketones is 1. The van der Waals surface area contributed by atoms with Crippen LogP contribution in [0.1, 0.15) is 30.8 Å². The van der Waals surface area contributed by atoms with E-state index in [1.54, 1.807) is 38.0 Å². The molecule has 82 valence electrons. The molecule has 0 radical (unpaired) electrons. The molecule has 0 saturated carbocycles. The Labute approximate surface area is 88.5 Å². The fourth-order valence-electron chi connectivity index (χ4n) is 1.19. The highest BCUT2D eigenvalue weighted by atomic mass is 16.2. The highest BCUT2D eigenvalue weighted by Gasteiger charge is 2.16. The zero-order chi connectivity index (χ0) is 11.4. The second-order valence-electron chi connectivity index (χ2n) is 3.44. The van der Waals surface area contributed by atoms with Crippen molar-refractivity contribution in [1.82, 2.24) is 14.9 Å². The molecular weight excluding hydrogens is 194 g/mol. The number of nitrogens with one attached hydrogen (secondary N) is 1. The Hall–Kier alpha value is -1.65. The Bertz CT molecular complexity index is 370. The number of rotatable bonds is 4. The molecule has 1 aromatic heterocycles. The van der Waals surface area contributed by atoms with E-state index in [0.717, 1.165) is 0 Å². The van der Waals surface area contributed by atoms with E-state index in [1.165, 1.54) is 0 Å². The average molecular weight is 209 g/mol. The van der Waals surface area contributed by atoms with Crippen molar-refractivity contribution < 1.29 is 9.59 Å². The van der Waals surface area contributed by atoms with Crippen molar-refractivity contribution in [3.05, 3.63) is 18.2 Å². The van der Waals surface area contributed by atoms with Crippen LogP contribution in [-0.4, -0.2) is 27.3 Å². The number of hydrogen-bond acceptors (Lipinski definition) is 3. The van der Waals surface area contributed by atoms with Crippen LogP contribution in [0, 0.1) is 0 Å². The highest BCUT2D eigenvalue weighted by molar-refractivity contribution is 5.96. The largest absolute Gasteiger partial charge is 0.341 e. The third kappa shape index (κ3) is 2.90. The van der Waals surface area contributed by atoms with Gasteiger partial charge < -0.3 is 9.88 Å². The molecule has 0 aliphatic carbocycles. The molecule has 1 rings (SSSR count). The Morgan fingerprint density at radius 1 is 1.60 bits per heavy atom. The molecule has 1 N–H and O–H groups in total. The third-order valence-corrected chi connectivity index (χ3v) is 2.12. The molecule has 5 heteroatoms. The SMILES string of the molecule is CCC(=O)C(C)NC(=O)c1cn(C)cn1. The summed E-state index contributed by atoms with van der Waals surface area (Å²) in [4.78, 5) is 26.7. The van der Waals surface area contributed by atoms with Gasteiger partial charge in [0.15, 0.2) is 5.78 Å². The Morgan fingerprint density at radius 3 is 2.73 bits per heavy atom. The smallest absolute Gasteiger partial charge is 0.272 e. The summed E-state index contributed by atoms with van der Waals surface area (Å²) in [6.45, 7) is 3.44. The van der Waals surface area contributed by atoms with Gasteiger partial charge >= 0.3 is 0 Å². The lowest BCUT2D eigenvalue weighted by Crippen LogP contribution is -2.38. The van der Waals surface area contributed by atoms with Crippen molar-refractivity contribution >= 4 is 11.7 Å². The number of amides is 1. The van der Waals surface area contributed by atoms with E-state index in [9.17, 15) is 9.59 Å². The summed E-state index contributed by atoms with van der Waals surface area (Å²) >= 11 is 0. The topological polar surface area (TPSA) is 64.0 Å². The van der Waals surface area contributed by atoms with Crippen LogP contribution in [0.4, 0.5) is 0 Å². The molecular formula is C10H15N3O2. The molecule has 0 fully saturated rings. The van der Waals surface area contributed by atoms with Gasteiger partial charge in [0.1, 0.15) is 5.69 Å². The fourth-order valence-corrected chi connectivity index (χ4v) is 1.19. The molecule has 0 aliphatic heterocycles. The van der Waals surface area contributed by atoms with E-state index in [0.29, 0.717) is 12.1 Å². The summed E-state index contributed by atoms with van der Waals surface area (Å²) in [6, 6.07) is -0.454. The quantitative estimate of drug-likeness (QED) is 0.786. The van der Waals surface area contributed by atoms with E-state index in [4.69, 9.17) is 0 Å². The van der Waals surface area contributed by atoms with Crippen molar-refractivity contribution in [3.8, 4) is 0 Å². The minimum atomic E-state index is -0.454. The van der Waals surface area contributed by atoms with Gasteiger partial charge in [-0.15, -0.1) is 0 Å². The van der Waals surface area contributed by atoms with Crippen LogP contribution in [0.25, 0.3) is 0 Å². The second kappa shape index (κ2) is 4.72. The van der Waals surface area contributed by atoms with Gasteiger partial charge in [-0.05, 0) is 6.92 Å². The predicted octanol–water partition coefficient (Wildman–Crippen LogP) is 0.517. The van der Waals surface area contributed by atoms with E-state index >= 15 is 0 Å². The number of Topliss-reactive ketones (excluding diaryl/α,β-unsaturated/α-hetero) is 1. The van der Waals surface area contributed by atoms with Crippen LogP contribution in [0.5, 0.6) is 0 Å². The monoisotopic (exact) mass is 209 g/mol. The Morgan fingerprint density at radius 2 is 2.27 bits per heavy atom. The molecule has 0 aromatic carbocycles. The number of carbonyl (C=O) groups excluding carboxylic acids is 2. The van der Waals surface area contributed by atoms with Crippen LogP contribution in [0.2, 0.25) is 0 Å². The van der Waals surface area contributed by atoms with Crippen molar-refractivity contribution in [2.45, 2.75) is 26.3 Å². The van der Waals surface area contributed by atoms with E-state index in [2.05, 4.69) is 10.3 Å². The summed E-state index contributed by atoms with van der Waals surface area (Å²) < 4.78 is 1.68. The summed E-state index contributed by atoms with van der Waals surface area (Å²) in [5.74, 6) is -0.302. The van der Waals surface area contributed by atoms with Crippen LogP contribution < -0.4 is 5.32 Å². The second-order valence-corrected chi connectivity index (χ2v) is 3.44. The maximum absolute atomic E-state index is 11.5. The summed E-state index contributed by atoms with van der Waals surface area (Å²) in [7, 11) is 1.78. The molecule has 0 aliphatic rings. The maximum atomic E-state index is 11.5. The first-order valence-electron chi connectivity index (χ1n) is 4.86. The number of carbonyl (C=O) groups is 2. The summed E-state index contributed by atoms with van der Waals surface area (Å²) in [5, 5.41) is 2.60. The summed E-state index contributed by atoms with van der Waals surface area (Å²) in [5.41, 5.74) is 0.327. The molecule has 1 heterocycles. The van der Waals surface area contributed by atoms with Gasteiger partial charge in [0.05, 0.1) is 12.4 Å². The molecule has 1 atom stereocenters. The van der Waals surface area contributed by atoms with Crippen LogP contribution in [-0.2, 0) is 11.8 Å². The van der Waals surface area contributed by atoms with E-state index < -0.39 is 6.04 Å². The Balaban J connectivity index is 2.60. The minimum Gasteiger partial charge on any atom is -0.341 e. The third-order valence-electron chi connectivity index (χ3n) is 2.12. The predicted molar refractivity (Wildman–Crippen MR) is 55.4 cm³/mol. The van der Waals surface area contributed by atoms with E-state index in [-0.39, 0.29) is 11.7 Å². The van der Waals surface area contributed by atoms with Gasteiger partial charge in [-0.3, -0.25) is 9.59 Å². The number of aromatic nitrogens is 2. The first kappa shape index (κ1) is 11.4. The normalized spacial score (nSPS) is 12.2. The van der Waals surface area contributed by atoms with Gasteiger partial charge in [-0.2, -0.15) is 0 Å². The average Bonchev–Trinajstić information content (AvgIpc) is 2.63. The Kier molecular flexibility index (Phi) is 3.60. The molecule has 0 saturated heterocycles. The first-order valence-corrected chi connectivity index (χ1v) is 4.86. The molecule has 1 aromatic rings. The molecule has 0 spiro atoms. The van der Waals surface area contributed by atoms with Gasteiger partial charge in [-0.25, -0.2) is 4.98 Å². The highest BCUT2D eigenvalue weighted by Crippen LogP contribution is 1.96. The van der Waals surface area contributed by atoms with Gasteiger partial charge in [0.2, 0.25) is 0 Å². The van der Waals surface area contributed by atoms with Gasteiger partial charge in [0.25, 0.3) is 5.91 Å². The standard InChI is InChI=1S/C10H15N3O2/c1-4-9(14)7(2)12-10(15)8-5-13(3)6-11-8/h5-7H,4H2,1-3H3,(H,12,15). The van der Waals surface area contributed by atoms with Crippen molar-refractivity contribution in [2.24, 2.45) is 7.05 Å². The number of hydrogen-bond donors (Lipinski definition) is 1. The van der Waals surface area contributed by atoms with Crippen LogP contribution >= 0.6 is 0 Å². The van der Waals surface area contributed by atoms with Crippen LogP contribution in [0.3, 0.4) is 0 Å². The first-order chi connectivity index (χ1) is 7.04. The van der Waals surface area contributed by atoms with Crippen molar-refractivity contribution in [2.75, 3.05) is 0 Å². The number of imidazole rings is 1. The van der Waals surface area contributed by atoms with Gasteiger partial charge in [0, 0.05) is 19.7 Å². The van der Waals surface area contributed by atoms with Gasteiger partial charge in [-0.1, -0.05) is 6.92 Å². The van der Waals surface area contributed by atoms with E-state index in [1.807, 2.05) is 0 Å². The molecule has 15 heavy (non-hydrogen) atoms. The molecule has 0 bridgehead atoms. The lowest BCUT2D eigenvalue weighted by Gasteiger charge is -2.10. The molecule has 5 nitrogen and oxygen atoms in total. The number of nitrogens with zero attached hydrogens (tertiary/aromatic N) is 2. The maximum Gasteiger partial charge on any atom is 0.272 e. The van der Waals surface area contributed by atoms with Crippen molar-refractivity contribution in [3.63, 3.8) is 0 Å². The summed E-state index contributed by atoms with van der Waals surface area (Å²) in [6.07, 6.45) is 3.57. The fraction of sp³-hybridized carbons (Fsp3) is 0.500. The zero-order valence-electron chi connectivity index (χ0n) is 9.15. The zero-order valence-corrected chi connectivity index (χ0v) is 9.15. The molecule has 1 unspecified atom stereocenters. The van der Waals surface area contributed by atoms with Crippen LogP contribution in [0.15, 0.2) is 12.5 Å².